The number of hydrogen-bond acceptors (Lipinski definition) is 3. The molecule has 0 N–H and O–H groups in total. The lowest BCUT2D eigenvalue weighted by molar-refractivity contribution is 0.767. The molecule has 0 aliphatic heterocycles. The van der Waals surface area contributed by atoms with Crippen molar-refractivity contribution >= 4 is 0 Å². The molecule has 90 valence electrons. The van der Waals surface area contributed by atoms with Crippen molar-refractivity contribution in [3.8, 4) is 11.8 Å². The van der Waals surface area contributed by atoms with Crippen molar-refractivity contribution < 1.29 is 0 Å². The Balaban J connectivity index is 2.80. The first kappa shape index (κ1) is 12.1. The number of para-hydroxylation sites is 1. The van der Waals surface area contributed by atoms with Crippen molar-refractivity contribution in [1.29, 1.82) is 5.26 Å². The highest BCUT2D eigenvalue weighted by Crippen LogP contribution is 2.12. The van der Waals surface area contributed by atoms with E-state index in [0.29, 0.717) is 16.8 Å². The Bertz CT molecular complexity index is 708. The standard InChI is InChI=1S/C14H13N3O/c1-9-6-4-5-7-13(9)17-14(18)10(2)12(8-15)11(3)16-17/h4-7H,1-3H3. The molecular weight excluding hydrogens is 226 g/mol. The van der Waals surface area contributed by atoms with Crippen LogP contribution in [0.25, 0.3) is 5.69 Å². The summed E-state index contributed by atoms with van der Waals surface area (Å²) in [4.78, 5) is 12.2. The van der Waals surface area contributed by atoms with Gasteiger partial charge in [0.05, 0.1) is 16.9 Å². The Kier molecular flexibility index (Phi) is 2.99. The Labute approximate surface area is 105 Å². The Morgan fingerprint density at radius 3 is 2.50 bits per heavy atom. The molecule has 1 heterocycles. The first-order valence-electron chi connectivity index (χ1n) is 5.63. The van der Waals surface area contributed by atoms with Gasteiger partial charge in [0, 0.05) is 5.56 Å². The van der Waals surface area contributed by atoms with E-state index in [1.807, 2.05) is 37.3 Å². The molecule has 0 atom stereocenters. The van der Waals surface area contributed by atoms with Crippen LogP contribution in [-0.2, 0) is 0 Å². The van der Waals surface area contributed by atoms with Crippen molar-refractivity contribution in [3.05, 3.63) is 57.0 Å². The predicted molar refractivity (Wildman–Crippen MR) is 68.8 cm³/mol. The summed E-state index contributed by atoms with van der Waals surface area (Å²) in [6.45, 7) is 5.32. The van der Waals surface area contributed by atoms with Gasteiger partial charge >= 0.3 is 0 Å². The summed E-state index contributed by atoms with van der Waals surface area (Å²) in [5, 5.41) is 13.2. The molecule has 0 aliphatic carbocycles. The maximum Gasteiger partial charge on any atom is 0.275 e. The first-order chi connectivity index (χ1) is 8.56. The molecule has 0 saturated heterocycles. The molecule has 0 amide bonds. The van der Waals surface area contributed by atoms with Gasteiger partial charge in [-0.05, 0) is 32.4 Å². The molecule has 18 heavy (non-hydrogen) atoms. The number of aromatic nitrogens is 2. The van der Waals surface area contributed by atoms with Gasteiger partial charge in [-0.25, -0.2) is 0 Å². The molecule has 1 aromatic carbocycles. The zero-order valence-corrected chi connectivity index (χ0v) is 10.6. The van der Waals surface area contributed by atoms with Crippen LogP contribution in [0.2, 0.25) is 0 Å². The Hall–Kier alpha value is -2.41. The van der Waals surface area contributed by atoms with E-state index >= 15 is 0 Å². The van der Waals surface area contributed by atoms with E-state index in [-0.39, 0.29) is 5.56 Å². The molecule has 0 bridgehead atoms. The molecule has 0 radical (unpaired) electrons. The maximum absolute atomic E-state index is 12.2. The van der Waals surface area contributed by atoms with Gasteiger partial charge in [0.2, 0.25) is 0 Å². The predicted octanol–water partition coefficient (Wildman–Crippen LogP) is 2.03. The minimum atomic E-state index is -0.244. The number of aryl methyl sites for hydroxylation is 2. The highest BCUT2D eigenvalue weighted by molar-refractivity contribution is 5.43. The van der Waals surface area contributed by atoms with Crippen LogP contribution in [0, 0.1) is 32.1 Å². The molecule has 0 spiro atoms. The van der Waals surface area contributed by atoms with Crippen LogP contribution >= 0.6 is 0 Å². The Morgan fingerprint density at radius 2 is 1.89 bits per heavy atom. The quantitative estimate of drug-likeness (QED) is 0.765. The van der Waals surface area contributed by atoms with Crippen molar-refractivity contribution in [2.45, 2.75) is 20.8 Å². The molecule has 0 aliphatic rings. The van der Waals surface area contributed by atoms with Gasteiger partial charge in [-0.3, -0.25) is 4.79 Å². The van der Waals surface area contributed by atoms with Crippen LogP contribution in [0.1, 0.15) is 22.4 Å². The molecular formula is C14H13N3O. The van der Waals surface area contributed by atoms with Gasteiger partial charge in [0.15, 0.2) is 0 Å². The zero-order valence-electron chi connectivity index (χ0n) is 10.6. The van der Waals surface area contributed by atoms with E-state index in [1.165, 1.54) is 4.68 Å². The number of rotatable bonds is 1. The van der Waals surface area contributed by atoms with Gasteiger partial charge in [-0.2, -0.15) is 15.0 Å². The second-order valence-electron chi connectivity index (χ2n) is 4.20. The van der Waals surface area contributed by atoms with E-state index in [4.69, 9.17) is 5.26 Å². The van der Waals surface area contributed by atoms with Gasteiger partial charge in [-0.1, -0.05) is 18.2 Å². The number of nitriles is 1. The molecule has 2 aromatic rings. The maximum atomic E-state index is 12.2. The van der Waals surface area contributed by atoms with Crippen LogP contribution in [0.4, 0.5) is 0 Å². The fraction of sp³-hybridized carbons (Fsp3) is 0.214. The average molecular weight is 239 g/mol. The molecule has 0 fully saturated rings. The van der Waals surface area contributed by atoms with Gasteiger partial charge in [-0.15, -0.1) is 0 Å². The fourth-order valence-corrected chi connectivity index (χ4v) is 1.91. The van der Waals surface area contributed by atoms with E-state index in [2.05, 4.69) is 5.10 Å². The average Bonchev–Trinajstić information content (AvgIpc) is 2.35. The third-order valence-corrected chi connectivity index (χ3v) is 2.96. The lowest BCUT2D eigenvalue weighted by Gasteiger charge is -2.10. The van der Waals surface area contributed by atoms with Gasteiger partial charge in [0.1, 0.15) is 6.07 Å². The normalized spacial score (nSPS) is 10.1. The van der Waals surface area contributed by atoms with Gasteiger partial charge < -0.3 is 0 Å². The molecule has 0 saturated carbocycles. The summed E-state index contributed by atoms with van der Waals surface area (Å²) >= 11 is 0. The van der Waals surface area contributed by atoms with Crippen molar-refractivity contribution in [3.63, 3.8) is 0 Å². The monoisotopic (exact) mass is 239 g/mol. The highest BCUT2D eigenvalue weighted by Gasteiger charge is 2.12. The number of hydrogen-bond donors (Lipinski definition) is 0. The molecule has 4 nitrogen and oxygen atoms in total. The molecule has 1 aromatic heterocycles. The molecule has 4 heteroatoms. The number of benzene rings is 1. The largest absolute Gasteiger partial charge is 0.275 e. The second-order valence-corrected chi connectivity index (χ2v) is 4.20. The van der Waals surface area contributed by atoms with Crippen LogP contribution in [0.3, 0.4) is 0 Å². The van der Waals surface area contributed by atoms with E-state index in [1.54, 1.807) is 13.8 Å². The second kappa shape index (κ2) is 4.46. The third kappa shape index (κ3) is 1.80. The fourth-order valence-electron chi connectivity index (χ4n) is 1.91. The third-order valence-electron chi connectivity index (χ3n) is 2.96. The minimum absolute atomic E-state index is 0.244. The SMILES string of the molecule is Cc1ccccc1-n1nc(C)c(C#N)c(C)c1=O. The summed E-state index contributed by atoms with van der Waals surface area (Å²) in [5.74, 6) is 0. The van der Waals surface area contributed by atoms with Crippen LogP contribution in [0.15, 0.2) is 29.1 Å². The molecule has 2 rings (SSSR count). The van der Waals surface area contributed by atoms with Crippen LogP contribution in [0.5, 0.6) is 0 Å². The lowest BCUT2D eigenvalue weighted by atomic mass is 10.1. The van der Waals surface area contributed by atoms with E-state index in [0.717, 1.165) is 11.3 Å². The first-order valence-corrected chi connectivity index (χ1v) is 5.63. The van der Waals surface area contributed by atoms with Crippen LogP contribution in [-0.4, -0.2) is 9.78 Å². The summed E-state index contributed by atoms with van der Waals surface area (Å²) in [7, 11) is 0. The van der Waals surface area contributed by atoms with E-state index < -0.39 is 0 Å². The summed E-state index contributed by atoms with van der Waals surface area (Å²) < 4.78 is 1.36. The topological polar surface area (TPSA) is 58.7 Å². The number of nitrogens with zero attached hydrogens (tertiary/aromatic N) is 3. The van der Waals surface area contributed by atoms with Crippen molar-refractivity contribution in [1.82, 2.24) is 9.78 Å². The van der Waals surface area contributed by atoms with Gasteiger partial charge in [0.25, 0.3) is 5.56 Å². The summed E-state index contributed by atoms with van der Waals surface area (Å²) in [6, 6.07) is 9.56. The Morgan fingerprint density at radius 1 is 1.22 bits per heavy atom. The highest BCUT2D eigenvalue weighted by atomic mass is 16.1. The van der Waals surface area contributed by atoms with Crippen molar-refractivity contribution in [2.24, 2.45) is 0 Å². The smallest absolute Gasteiger partial charge is 0.267 e. The summed E-state index contributed by atoms with van der Waals surface area (Å²) in [6.07, 6.45) is 0. The molecule has 0 unspecified atom stereocenters. The zero-order chi connectivity index (χ0) is 13.3. The van der Waals surface area contributed by atoms with Crippen molar-refractivity contribution in [2.75, 3.05) is 0 Å². The minimum Gasteiger partial charge on any atom is -0.267 e. The lowest BCUT2D eigenvalue weighted by Crippen LogP contribution is -2.26. The van der Waals surface area contributed by atoms with Crippen LogP contribution < -0.4 is 5.56 Å². The van der Waals surface area contributed by atoms with E-state index in [9.17, 15) is 4.79 Å². The summed E-state index contributed by atoms with van der Waals surface area (Å²) in [5.41, 5.74) is 2.84.